The number of hydrogen-bond donors (Lipinski definition) is 1. The first-order valence-corrected chi connectivity index (χ1v) is 9.02. The molecule has 1 fully saturated rings. The molecule has 1 atom stereocenters. The minimum Gasteiger partial charge on any atom is -0.391 e. The minimum absolute atomic E-state index is 0.115. The second-order valence-corrected chi connectivity index (χ2v) is 8.06. The zero-order chi connectivity index (χ0) is 15.0. The largest absolute Gasteiger partial charge is 0.391 e. The summed E-state index contributed by atoms with van der Waals surface area (Å²) in [6, 6.07) is 7.35. The number of hydrogen-bond acceptors (Lipinski definition) is 5. The molecule has 0 saturated carbocycles. The highest BCUT2D eigenvalue weighted by molar-refractivity contribution is 7.89. The Kier molecular flexibility index (Phi) is 4.02. The van der Waals surface area contributed by atoms with Gasteiger partial charge in [-0.3, -0.25) is 0 Å². The zero-order valence-electron chi connectivity index (χ0n) is 11.7. The summed E-state index contributed by atoms with van der Waals surface area (Å²) in [6.45, 7) is 2.68. The molecule has 1 aromatic carbocycles. The molecule has 2 heterocycles. The Morgan fingerprint density at radius 1 is 1.43 bits per heavy atom. The van der Waals surface area contributed by atoms with E-state index in [4.69, 9.17) is 4.74 Å². The van der Waals surface area contributed by atoms with E-state index in [1.54, 1.807) is 6.07 Å². The summed E-state index contributed by atoms with van der Waals surface area (Å²) in [7, 11) is -3.62. The van der Waals surface area contributed by atoms with Crippen LogP contribution >= 0.6 is 11.3 Å². The van der Waals surface area contributed by atoms with Crippen molar-refractivity contribution in [1.82, 2.24) is 4.31 Å². The van der Waals surface area contributed by atoms with E-state index < -0.39 is 10.0 Å². The zero-order valence-corrected chi connectivity index (χ0v) is 13.3. The Morgan fingerprint density at radius 3 is 2.90 bits per heavy atom. The van der Waals surface area contributed by atoms with Crippen molar-refractivity contribution in [1.29, 1.82) is 0 Å². The van der Waals surface area contributed by atoms with Gasteiger partial charge in [-0.05, 0) is 13.0 Å². The molecule has 1 saturated heterocycles. The van der Waals surface area contributed by atoms with Crippen molar-refractivity contribution >= 4 is 31.4 Å². The number of ether oxygens (including phenoxy) is 1. The molecule has 0 spiro atoms. The van der Waals surface area contributed by atoms with Gasteiger partial charge in [0.25, 0.3) is 0 Å². The summed E-state index contributed by atoms with van der Waals surface area (Å²) in [5.41, 5.74) is 0. The van der Waals surface area contributed by atoms with E-state index >= 15 is 0 Å². The fourth-order valence-corrected chi connectivity index (χ4v) is 5.85. The first-order chi connectivity index (χ1) is 10.0. The van der Waals surface area contributed by atoms with Crippen LogP contribution in [0.25, 0.3) is 10.1 Å². The van der Waals surface area contributed by atoms with Crippen LogP contribution in [0.15, 0.2) is 29.2 Å². The molecule has 3 rings (SSSR count). The van der Waals surface area contributed by atoms with Crippen LogP contribution in [0.3, 0.4) is 0 Å². The smallest absolute Gasteiger partial charge is 0.245 e. The summed E-state index contributed by atoms with van der Waals surface area (Å²) >= 11 is 1.33. The van der Waals surface area contributed by atoms with Crippen LogP contribution in [-0.2, 0) is 21.4 Å². The van der Waals surface area contributed by atoms with E-state index in [0.717, 1.165) is 4.70 Å². The lowest BCUT2D eigenvalue weighted by Gasteiger charge is -2.30. The maximum atomic E-state index is 13.0. The fourth-order valence-electron chi connectivity index (χ4n) is 2.59. The van der Waals surface area contributed by atoms with E-state index in [2.05, 4.69) is 0 Å². The number of thiophene rings is 1. The molecule has 5 nitrogen and oxygen atoms in total. The molecular formula is C14H17NO4S2. The molecule has 1 N–H and O–H groups in total. The minimum atomic E-state index is -3.62. The third-order valence-electron chi connectivity index (χ3n) is 3.56. The SMILES string of the molecule is CC1CN(S(=O)(=O)c2c(CO)sc3ccccc23)CCO1. The molecule has 0 aliphatic carbocycles. The highest BCUT2D eigenvalue weighted by atomic mass is 32.2. The predicted molar refractivity (Wildman–Crippen MR) is 81.9 cm³/mol. The number of nitrogens with zero attached hydrogens (tertiary/aromatic N) is 1. The van der Waals surface area contributed by atoms with Gasteiger partial charge in [-0.25, -0.2) is 8.42 Å². The molecule has 21 heavy (non-hydrogen) atoms. The molecule has 2 aromatic rings. The van der Waals surface area contributed by atoms with Crippen LogP contribution in [0.2, 0.25) is 0 Å². The maximum Gasteiger partial charge on any atom is 0.245 e. The molecule has 1 aromatic heterocycles. The van der Waals surface area contributed by atoms with E-state index in [-0.39, 0.29) is 17.6 Å². The molecule has 1 aliphatic heterocycles. The lowest BCUT2D eigenvalue weighted by Crippen LogP contribution is -2.44. The van der Waals surface area contributed by atoms with Gasteiger partial charge in [-0.2, -0.15) is 4.31 Å². The van der Waals surface area contributed by atoms with Crippen molar-refractivity contribution in [3.8, 4) is 0 Å². The number of morpholine rings is 1. The average molecular weight is 327 g/mol. The first-order valence-electron chi connectivity index (χ1n) is 6.77. The molecule has 0 amide bonds. The third-order valence-corrected chi connectivity index (χ3v) is 6.84. The van der Waals surface area contributed by atoms with Gasteiger partial charge in [-0.15, -0.1) is 11.3 Å². The maximum absolute atomic E-state index is 13.0. The normalized spacial score (nSPS) is 21.0. The average Bonchev–Trinajstić information content (AvgIpc) is 2.86. The lowest BCUT2D eigenvalue weighted by atomic mass is 10.2. The Morgan fingerprint density at radius 2 is 2.19 bits per heavy atom. The molecule has 1 unspecified atom stereocenters. The second-order valence-electron chi connectivity index (χ2n) is 5.05. The molecule has 0 radical (unpaired) electrons. The number of aliphatic hydroxyl groups excluding tert-OH is 1. The number of aliphatic hydroxyl groups is 1. The van der Waals surface area contributed by atoms with Gasteiger partial charge in [0.2, 0.25) is 10.0 Å². The number of benzene rings is 1. The molecule has 0 bridgehead atoms. The van der Waals surface area contributed by atoms with Crippen LogP contribution in [0.5, 0.6) is 0 Å². The van der Waals surface area contributed by atoms with E-state index in [1.165, 1.54) is 15.6 Å². The van der Waals surface area contributed by atoms with Gasteiger partial charge in [0, 0.05) is 23.2 Å². The number of sulfonamides is 1. The van der Waals surface area contributed by atoms with E-state index in [0.29, 0.717) is 30.0 Å². The van der Waals surface area contributed by atoms with Gasteiger partial charge in [-0.1, -0.05) is 18.2 Å². The Bertz CT molecular complexity index is 753. The lowest BCUT2D eigenvalue weighted by molar-refractivity contribution is 0.0102. The quantitative estimate of drug-likeness (QED) is 0.933. The summed E-state index contributed by atoms with van der Waals surface area (Å²) in [6.07, 6.45) is -0.115. The predicted octanol–water partition coefficient (Wildman–Crippen LogP) is 1.80. The summed E-state index contributed by atoms with van der Waals surface area (Å²) in [5, 5.41) is 10.2. The Balaban J connectivity index is 2.14. The van der Waals surface area contributed by atoms with Crippen molar-refractivity contribution < 1.29 is 18.3 Å². The molecule has 114 valence electrons. The molecule has 7 heteroatoms. The van der Waals surface area contributed by atoms with E-state index in [9.17, 15) is 13.5 Å². The van der Waals surface area contributed by atoms with Crippen molar-refractivity contribution in [2.75, 3.05) is 19.7 Å². The Labute approximate surface area is 127 Å². The highest BCUT2D eigenvalue weighted by Crippen LogP contribution is 2.36. The topological polar surface area (TPSA) is 66.8 Å². The summed E-state index contributed by atoms with van der Waals surface area (Å²) in [4.78, 5) is 0.745. The first kappa shape index (κ1) is 14.9. The van der Waals surface area contributed by atoms with Gasteiger partial charge >= 0.3 is 0 Å². The van der Waals surface area contributed by atoms with Gasteiger partial charge in [0.1, 0.15) is 4.90 Å². The van der Waals surface area contributed by atoms with Crippen molar-refractivity contribution in [3.63, 3.8) is 0 Å². The molecular weight excluding hydrogens is 310 g/mol. The van der Waals surface area contributed by atoms with Gasteiger partial charge < -0.3 is 9.84 Å². The van der Waals surface area contributed by atoms with Crippen molar-refractivity contribution in [2.24, 2.45) is 0 Å². The monoisotopic (exact) mass is 327 g/mol. The number of fused-ring (bicyclic) bond motifs is 1. The van der Waals surface area contributed by atoms with Crippen molar-refractivity contribution in [3.05, 3.63) is 29.1 Å². The van der Waals surface area contributed by atoms with Crippen LogP contribution in [-0.4, -0.2) is 43.6 Å². The summed E-state index contributed by atoms with van der Waals surface area (Å²) < 4.78 is 33.6. The van der Waals surface area contributed by atoms with Crippen LogP contribution < -0.4 is 0 Å². The van der Waals surface area contributed by atoms with Crippen LogP contribution in [0.4, 0.5) is 0 Å². The molecule has 1 aliphatic rings. The van der Waals surface area contributed by atoms with Gasteiger partial charge in [0.15, 0.2) is 0 Å². The van der Waals surface area contributed by atoms with Crippen LogP contribution in [0.1, 0.15) is 11.8 Å². The standard InChI is InChI=1S/C14H17NO4S2/c1-10-8-15(6-7-19-10)21(17,18)14-11-4-2-3-5-12(11)20-13(14)9-16/h2-5,10,16H,6-9H2,1H3. The van der Waals surface area contributed by atoms with Crippen LogP contribution in [0, 0.1) is 0 Å². The van der Waals surface area contributed by atoms with Gasteiger partial charge in [0.05, 0.1) is 24.2 Å². The van der Waals surface area contributed by atoms with E-state index in [1.807, 2.05) is 25.1 Å². The summed E-state index contributed by atoms with van der Waals surface area (Å²) in [5.74, 6) is 0. The van der Waals surface area contributed by atoms with Crippen molar-refractivity contribution in [2.45, 2.75) is 24.5 Å². The Hall–Kier alpha value is -0.990. The highest BCUT2D eigenvalue weighted by Gasteiger charge is 2.33. The fraction of sp³-hybridized carbons (Fsp3) is 0.429. The number of rotatable bonds is 3. The second kappa shape index (κ2) is 5.66. The third kappa shape index (κ3) is 2.60.